The van der Waals surface area contributed by atoms with E-state index in [0.717, 1.165) is 60.8 Å². The van der Waals surface area contributed by atoms with E-state index in [0.29, 0.717) is 30.9 Å². The molecule has 2 aliphatic carbocycles. The summed E-state index contributed by atoms with van der Waals surface area (Å²) in [7, 11) is 0. The molecule has 8 N–H and O–H groups in total. The van der Waals surface area contributed by atoms with Crippen molar-refractivity contribution in [2.75, 3.05) is 11.9 Å². The van der Waals surface area contributed by atoms with Crippen LogP contribution in [0.4, 0.5) is 27.6 Å². The van der Waals surface area contributed by atoms with E-state index in [4.69, 9.17) is 11.5 Å². The van der Waals surface area contributed by atoms with Crippen molar-refractivity contribution in [3.05, 3.63) is 83.2 Å². The predicted molar refractivity (Wildman–Crippen MR) is 199 cm³/mol. The lowest BCUT2D eigenvalue weighted by Gasteiger charge is -2.28. The molecule has 3 amide bonds. The van der Waals surface area contributed by atoms with Gasteiger partial charge in [-0.25, -0.2) is 4.98 Å². The lowest BCUT2D eigenvalue weighted by molar-refractivity contribution is -0.292. The maximum absolute atomic E-state index is 14.0. The summed E-state index contributed by atoms with van der Waals surface area (Å²) in [4.78, 5) is 45.6. The molecular formula is C40H46F5N7O3. The summed E-state index contributed by atoms with van der Waals surface area (Å²) in [6, 6.07) is 16.0. The van der Waals surface area contributed by atoms with Gasteiger partial charge in [-0.15, -0.1) is 0 Å². The maximum atomic E-state index is 14.0. The van der Waals surface area contributed by atoms with E-state index < -0.39 is 29.9 Å². The van der Waals surface area contributed by atoms with Crippen molar-refractivity contribution in [3.8, 4) is 11.1 Å². The minimum Gasteiger partial charge on any atom is -0.349 e. The second-order valence-corrected chi connectivity index (χ2v) is 14.9. The topological polar surface area (TPSA) is 168 Å². The predicted octanol–water partition coefficient (Wildman–Crippen LogP) is 6.62. The molecule has 1 atom stereocenters. The molecular weight excluding hydrogens is 721 g/mol. The van der Waals surface area contributed by atoms with Crippen molar-refractivity contribution in [1.82, 2.24) is 20.6 Å². The number of aryl methyl sites for hydroxylation is 1. The summed E-state index contributed by atoms with van der Waals surface area (Å²) in [6.45, 7) is 2.47. The maximum Gasteiger partial charge on any atom is 0.461 e. The van der Waals surface area contributed by atoms with Gasteiger partial charge < -0.3 is 32.4 Å². The fourth-order valence-corrected chi connectivity index (χ4v) is 7.48. The minimum atomic E-state index is -5.85. The minimum absolute atomic E-state index is 0.106. The molecule has 10 nitrogen and oxygen atoms in total. The molecule has 294 valence electrons. The van der Waals surface area contributed by atoms with E-state index in [1.54, 1.807) is 6.07 Å². The molecule has 4 aromatic rings. The average Bonchev–Trinajstić information content (AvgIpc) is 3.60. The number of alkyl halides is 5. The Bertz CT molecular complexity index is 2000. The average molecular weight is 768 g/mol. The van der Waals surface area contributed by atoms with Gasteiger partial charge in [0.25, 0.3) is 5.91 Å². The fraction of sp³-hybridized carbons (Fsp3) is 0.450. The number of hydrogen-bond donors (Lipinski definition) is 6. The Morgan fingerprint density at radius 2 is 1.58 bits per heavy atom. The molecule has 6 rings (SSSR count). The highest BCUT2D eigenvalue weighted by molar-refractivity contribution is 5.99. The van der Waals surface area contributed by atoms with Gasteiger partial charge in [-0.3, -0.25) is 14.4 Å². The molecule has 0 saturated heterocycles. The first-order chi connectivity index (χ1) is 26.1. The summed E-state index contributed by atoms with van der Waals surface area (Å²) >= 11 is 0. The van der Waals surface area contributed by atoms with Crippen molar-refractivity contribution in [3.63, 3.8) is 0 Å². The summed E-state index contributed by atoms with van der Waals surface area (Å²) in [5.41, 5.74) is 15.7. The van der Waals surface area contributed by atoms with Gasteiger partial charge in [0.15, 0.2) is 5.82 Å². The standard InChI is InChI=1S/C40H46F5N7O3/c1-22-18-27(36(54)48-29-13-11-28(47)12-14-29)10-16-31(22)25-6-2-23(3-7-25)19-34(50-35(53)26-8-4-24(21-46)5-9-26)37(55)49-30-15-17-32-33(20-30)52-38(51-32)39(41,42)40(43,44)45/h2-3,6-7,10,15-18,20,24,26,28-29,34H,4-5,8-9,11-14,19,21,46-47H2,1H3,(H,48,54)(H,49,55)(H,50,53)(H,51,52)/t24?,26?,28?,29?,34-/m0/s1. The van der Waals surface area contributed by atoms with Gasteiger partial charge in [-0.1, -0.05) is 30.3 Å². The third-order valence-electron chi connectivity index (χ3n) is 10.9. The Morgan fingerprint density at radius 3 is 2.22 bits per heavy atom. The van der Waals surface area contributed by atoms with Gasteiger partial charge in [0.05, 0.1) is 11.0 Å². The Hall–Kier alpha value is -4.89. The Kier molecular flexibility index (Phi) is 11.9. The first kappa shape index (κ1) is 39.8. The van der Waals surface area contributed by atoms with Gasteiger partial charge in [0, 0.05) is 35.7 Å². The number of nitrogens with two attached hydrogens (primary N) is 2. The highest BCUT2D eigenvalue weighted by Gasteiger charge is 2.61. The number of nitrogens with zero attached hydrogens (tertiary/aromatic N) is 1. The molecule has 55 heavy (non-hydrogen) atoms. The lowest BCUT2D eigenvalue weighted by Crippen LogP contribution is -2.48. The van der Waals surface area contributed by atoms with Crippen LogP contribution < -0.4 is 27.4 Å². The molecule has 15 heteroatoms. The second kappa shape index (κ2) is 16.5. The molecule has 2 fully saturated rings. The lowest BCUT2D eigenvalue weighted by atomic mass is 9.81. The van der Waals surface area contributed by atoms with Crippen LogP contribution in [0.2, 0.25) is 0 Å². The summed E-state index contributed by atoms with van der Waals surface area (Å²) in [5.74, 6) is -7.73. The van der Waals surface area contributed by atoms with Crippen LogP contribution in [0.25, 0.3) is 22.2 Å². The van der Waals surface area contributed by atoms with Crippen LogP contribution in [0.3, 0.4) is 0 Å². The van der Waals surface area contributed by atoms with Crippen LogP contribution in [0, 0.1) is 18.8 Å². The van der Waals surface area contributed by atoms with Gasteiger partial charge >= 0.3 is 12.1 Å². The highest BCUT2D eigenvalue weighted by Crippen LogP contribution is 2.43. The Labute approximate surface area is 315 Å². The molecule has 2 aliphatic rings. The van der Waals surface area contributed by atoms with Crippen molar-refractivity contribution in [1.29, 1.82) is 0 Å². The molecule has 3 aromatic carbocycles. The first-order valence-corrected chi connectivity index (χ1v) is 18.6. The number of imidazole rings is 1. The van der Waals surface area contributed by atoms with E-state index in [1.165, 1.54) is 18.2 Å². The van der Waals surface area contributed by atoms with Crippen molar-refractivity contribution < 1.29 is 36.3 Å². The van der Waals surface area contributed by atoms with Gasteiger partial charge in [0.1, 0.15) is 6.04 Å². The number of hydrogen-bond acceptors (Lipinski definition) is 6. The number of amides is 3. The number of carbonyl (C=O) groups is 3. The third kappa shape index (κ3) is 9.33. The van der Waals surface area contributed by atoms with Gasteiger partial charge in [0.2, 0.25) is 11.8 Å². The number of halogens is 5. The van der Waals surface area contributed by atoms with E-state index in [2.05, 4.69) is 20.9 Å². The fourth-order valence-electron chi connectivity index (χ4n) is 7.48. The molecule has 0 radical (unpaired) electrons. The third-order valence-corrected chi connectivity index (χ3v) is 10.9. The number of benzene rings is 3. The zero-order valence-corrected chi connectivity index (χ0v) is 30.4. The molecule has 1 aromatic heterocycles. The first-order valence-electron chi connectivity index (χ1n) is 18.6. The van der Waals surface area contributed by atoms with Crippen LogP contribution in [-0.4, -0.2) is 58.5 Å². The summed E-state index contributed by atoms with van der Waals surface area (Å²) < 4.78 is 66.8. The number of aromatic nitrogens is 2. The van der Waals surface area contributed by atoms with Gasteiger partial charge in [-0.05, 0) is 123 Å². The second-order valence-electron chi connectivity index (χ2n) is 14.9. The summed E-state index contributed by atoms with van der Waals surface area (Å²) in [6.07, 6.45) is 0.610. The van der Waals surface area contributed by atoms with Crippen LogP contribution in [0.15, 0.2) is 60.7 Å². The highest BCUT2D eigenvalue weighted by atomic mass is 19.4. The normalized spacial score (nSPS) is 21.2. The number of anilines is 1. The number of nitrogens with one attached hydrogen (secondary N) is 4. The van der Waals surface area contributed by atoms with Gasteiger partial charge in [-0.2, -0.15) is 22.0 Å². The Morgan fingerprint density at radius 1 is 0.891 bits per heavy atom. The van der Waals surface area contributed by atoms with Crippen molar-refractivity contribution in [2.45, 2.75) is 94.9 Å². The van der Waals surface area contributed by atoms with E-state index in [9.17, 15) is 36.3 Å². The number of carbonyl (C=O) groups excluding carboxylic acids is 3. The van der Waals surface area contributed by atoms with Crippen LogP contribution in [0.5, 0.6) is 0 Å². The largest absolute Gasteiger partial charge is 0.461 e. The van der Waals surface area contributed by atoms with E-state index >= 15 is 0 Å². The smallest absolute Gasteiger partial charge is 0.349 e. The summed E-state index contributed by atoms with van der Waals surface area (Å²) in [5, 5.41) is 8.70. The van der Waals surface area contributed by atoms with Crippen molar-refractivity contribution >= 4 is 34.4 Å². The van der Waals surface area contributed by atoms with Crippen LogP contribution in [0.1, 0.15) is 78.7 Å². The molecule has 0 aliphatic heterocycles. The quantitative estimate of drug-likeness (QED) is 0.0938. The van der Waals surface area contributed by atoms with E-state index in [-0.39, 0.29) is 53.0 Å². The molecule has 0 unspecified atom stereocenters. The zero-order chi connectivity index (χ0) is 39.5. The number of aromatic amines is 1. The zero-order valence-electron chi connectivity index (χ0n) is 30.4. The van der Waals surface area contributed by atoms with Crippen LogP contribution in [-0.2, 0) is 21.9 Å². The molecule has 1 heterocycles. The molecule has 0 spiro atoms. The Balaban J connectivity index is 1.17. The molecule has 2 saturated carbocycles. The number of rotatable bonds is 11. The van der Waals surface area contributed by atoms with Crippen LogP contribution >= 0.6 is 0 Å². The number of fused-ring (bicyclic) bond motifs is 1. The monoisotopic (exact) mass is 767 g/mol. The SMILES string of the molecule is Cc1cc(C(=O)NC2CCC(N)CC2)ccc1-c1ccc(C[C@H](NC(=O)C2CCC(CN)CC2)C(=O)Nc2ccc3nc(C(F)(F)C(F)(F)F)[nH]c3c2)cc1. The van der Waals surface area contributed by atoms with Crippen molar-refractivity contribution in [2.24, 2.45) is 23.3 Å². The van der Waals surface area contributed by atoms with E-state index in [1.807, 2.05) is 48.3 Å². The number of H-pyrrole nitrogens is 1. The molecule has 0 bridgehead atoms.